The quantitative estimate of drug-likeness (QED) is 0.247. The van der Waals surface area contributed by atoms with Crippen molar-refractivity contribution in [3.63, 3.8) is 0 Å². The largest absolute Gasteiger partial charge is 0.354 e. The number of hydrogen-bond acceptors (Lipinski definition) is 4. The Morgan fingerprint density at radius 3 is 1.47 bits per heavy atom. The van der Waals surface area contributed by atoms with Crippen molar-refractivity contribution in [1.29, 1.82) is 0 Å². The Morgan fingerprint density at radius 2 is 0.853 bits per heavy atom. The van der Waals surface area contributed by atoms with E-state index in [1.807, 2.05) is 23.5 Å². The van der Waals surface area contributed by atoms with Gasteiger partial charge in [-0.2, -0.15) is 0 Å². The van der Waals surface area contributed by atoms with Crippen LogP contribution in [0.15, 0.2) is 141 Å². The molecule has 2 nitrogen and oxygen atoms in total. The predicted octanol–water partition coefficient (Wildman–Crippen LogP) is 9.46. The average molecular weight is 475 g/mol. The minimum atomic E-state index is 1.19. The summed E-state index contributed by atoms with van der Waals surface area (Å²) in [5, 5.41) is 6.95. The van der Waals surface area contributed by atoms with Crippen molar-refractivity contribution in [2.75, 3.05) is 10.6 Å². The van der Waals surface area contributed by atoms with Gasteiger partial charge in [0.2, 0.25) is 0 Å². The first-order valence-electron chi connectivity index (χ1n) is 11.2. The van der Waals surface area contributed by atoms with Crippen LogP contribution in [-0.2, 0) is 0 Å². The first-order chi connectivity index (χ1) is 16.8. The van der Waals surface area contributed by atoms with E-state index in [9.17, 15) is 0 Å². The highest BCUT2D eigenvalue weighted by atomic mass is 32.2. The van der Waals surface area contributed by atoms with Crippen LogP contribution in [0.3, 0.4) is 0 Å². The second-order valence-electron chi connectivity index (χ2n) is 7.99. The molecular formula is C30H22N2S2. The molecular weight excluding hydrogens is 452 g/mol. The second kappa shape index (κ2) is 9.34. The molecule has 0 fully saturated rings. The number of fused-ring (bicyclic) bond motifs is 4. The van der Waals surface area contributed by atoms with Gasteiger partial charge in [0.1, 0.15) is 0 Å². The van der Waals surface area contributed by atoms with Crippen molar-refractivity contribution < 1.29 is 0 Å². The smallest absolute Gasteiger partial charge is 0.0532 e. The zero-order valence-corrected chi connectivity index (χ0v) is 20.0. The van der Waals surface area contributed by atoms with E-state index in [0.29, 0.717) is 0 Å². The highest BCUT2D eigenvalue weighted by molar-refractivity contribution is 8.00. The van der Waals surface area contributed by atoms with Crippen LogP contribution in [0.4, 0.5) is 22.7 Å². The van der Waals surface area contributed by atoms with E-state index in [0.717, 1.165) is 0 Å². The Balaban J connectivity index is 0.000000136. The third kappa shape index (κ3) is 4.18. The van der Waals surface area contributed by atoms with Gasteiger partial charge in [-0.25, -0.2) is 0 Å². The van der Waals surface area contributed by atoms with Crippen molar-refractivity contribution >= 4 is 46.3 Å². The van der Waals surface area contributed by atoms with Crippen LogP contribution in [0.25, 0.3) is 11.1 Å². The van der Waals surface area contributed by atoms with Gasteiger partial charge in [0, 0.05) is 19.6 Å². The Morgan fingerprint density at radius 1 is 0.382 bits per heavy atom. The van der Waals surface area contributed by atoms with Crippen molar-refractivity contribution in [3.8, 4) is 11.1 Å². The molecule has 2 heterocycles. The molecule has 0 bridgehead atoms. The lowest BCUT2D eigenvalue weighted by atomic mass is 10.0. The number of rotatable bonds is 1. The van der Waals surface area contributed by atoms with E-state index in [2.05, 4.69) is 132 Å². The maximum absolute atomic E-state index is 3.53. The molecule has 2 N–H and O–H groups in total. The zero-order chi connectivity index (χ0) is 22.7. The second-order valence-corrected chi connectivity index (χ2v) is 10.1. The first-order valence-corrected chi connectivity index (χ1v) is 12.8. The molecule has 0 spiro atoms. The standard InChI is InChI=1S/C18H13NS.C12H9NS/c1-2-7-13(8-3-1)14-9-6-11-16-18(14)20-17-12-5-4-10-15(17)19-16;1-3-7-11-9(5-1)13-10-6-2-4-8-12(10)14-11/h1-12,19H;1-8,13H. The summed E-state index contributed by atoms with van der Waals surface area (Å²) in [7, 11) is 0. The van der Waals surface area contributed by atoms with E-state index >= 15 is 0 Å². The number of benzene rings is 5. The number of nitrogens with one attached hydrogen (secondary N) is 2. The van der Waals surface area contributed by atoms with Crippen LogP contribution in [-0.4, -0.2) is 0 Å². The van der Waals surface area contributed by atoms with Gasteiger partial charge >= 0.3 is 0 Å². The Hall–Kier alpha value is -3.60. The molecule has 2 aliphatic rings. The van der Waals surface area contributed by atoms with Gasteiger partial charge in [-0.05, 0) is 53.6 Å². The molecule has 0 aromatic heterocycles. The van der Waals surface area contributed by atoms with Gasteiger partial charge in [0.05, 0.1) is 22.7 Å². The Kier molecular flexibility index (Phi) is 5.76. The molecule has 5 aromatic carbocycles. The molecule has 34 heavy (non-hydrogen) atoms. The van der Waals surface area contributed by atoms with E-state index in [1.54, 1.807) is 0 Å². The van der Waals surface area contributed by atoms with Crippen molar-refractivity contribution in [2.45, 2.75) is 19.6 Å². The first kappa shape index (κ1) is 21.0. The van der Waals surface area contributed by atoms with Crippen LogP contribution in [0.5, 0.6) is 0 Å². The van der Waals surface area contributed by atoms with Gasteiger partial charge in [-0.3, -0.25) is 0 Å². The summed E-state index contributed by atoms with van der Waals surface area (Å²) in [6.07, 6.45) is 0. The Bertz CT molecular complexity index is 1380. The van der Waals surface area contributed by atoms with E-state index in [1.165, 1.54) is 53.5 Å². The third-order valence-corrected chi connectivity index (χ3v) is 8.10. The summed E-state index contributed by atoms with van der Waals surface area (Å²) in [4.78, 5) is 5.18. The highest BCUT2D eigenvalue weighted by Gasteiger charge is 2.18. The molecule has 4 heteroatoms. The van der Waals surface area contributed by atoms with E-state index < -0.39 is 0 Å². The molecule has 164 valence electrons. The minimum absolute atomic E-state index is 1.19. The van der Waals surface area contributed by atoms with Gasteiger partial charge < -0.3 is 10.6 Å². The summed E-state index contributed by atoms with van der Waals surface area (Å²) in [6, 6.07) is 42.2. The molecule has 0 unspecified atom stereocenters. The van der Waals surface area contributed by atoms with Gasteiger partial charge in [0.25, 0.3) is 0 Å². The van der Waals surface area contributed by atoms with Crippen LogP contribution in [0.2, 0.25) is 0 Å². The van der Waals surface area contributed by atoms with Gasteiger partial charge in [0.15, 0.2) is 0 Å². The molecule has 0 atom stereocenters. The maximum Gasteiger partial charge on any atom is 0.0532 e. The predicted molar refractivity (Wildman–Crippen MR) is 146 cm³/mol. The lowest BCUT2D eigenvalue weighted by Gasteiger charge is -2.23. The fraction of sp³-hybridized carbons (Fsp3) is 0. The molecule has 0 amide bonds. The van der Waals surface area contributed by atoms with E-state index in [4.69, 9.17) is 0 Å². The summed E-state index contributed by atoms with van der Waals surface area (Å²) in [5.41, 5.74) is 7.34. The number of anilines is 4. The average Bonchev–Trinajstić information content (AvgIpc) is 2.91. The van der Waals surface area contributed by atoms with E-state index in [-0.39, 0.29) is 0 Å². The van der Waals surface area contributed by atoms with Crippen molar-refractivity contribution in [1.82, 2.24) is 0 Å². The van der Waals surface area contributed by atoms with Crippen LogP contribution in [0.1, 0.15) is 0 Å². The summed E-state index contributed by atoms with van der Waals surface area (Å²) >= 11 is 3.66. The lowest BCUT2D eigenvalue weighted by molar-refractivity contribution is 1.31. The molecule has 7 rings (SSSR count). The van der Waals surface area contributed by atoms with Gasteiger partial charge in [-0.15, -0.1) is 0 Å². The summed E-state index contributed by atoms with van der Waals surface area (Å²) in [6.45, 7) is 0. The van der Waals surface area contributed by atoms with Crippen LogP contribution >= 0.6 is 23.5 Å². The molecule has 0 radical (unpaired) electrons. The fourth-order valence-corrected chi connectivity index (χ4v) is 6.19. The molecule has 2 aliphatic heterocycles. The monoisotopic (exact) mass is 474 g/mol. The molecule has 0 aliphatic carbocycles. The molecule has 5 aromatic rings. The molecule has 0 saturated heterocycles. The maximum atomic E-state index is 3.53. The van der Waals surface area contributed by atoms with Crippen molar-refractivity contribution in [2.24, 2.45) is 0 Å². The highest BCUT2D eigenvalue weighted by Crippen LogP contribution is 2.48. The van der Waals surface area contributed by atoms with Crippen LogP contribution in [0, 0.1) is 0 Å². The minimum Gasteiger partial charge on any atom is -0.354 e. The molecule has 0 saturated carbocycles. The van der Waals surface area contributed by atoms with Crippen molar-refractivity contribution in [3.05, 3.63) is 121 Å². The Labute approximate surface area is 208 Å². The van der Waals surface area contributed by atoms with Gasteiger partial charge in [-0.1, -0.05) is 102 Å². The zero-order valence-electron chi connectivity index (χ0n) is 18.4. The van der Waals surface area contributed by atoms with Crippen LogP contribution < -0.4 is 10.6 Å². The third-order valence-electron chi connectivity index (χ3n) is 5.73. The lowest BCUT2D eigenvalue weighted by Crippen LogP contribution is -2.00. The summed E-state index contributed by atoms with van der Waals surface area (Å²) < 4.78 is 0. The topological polar surface area (TPSA) is 24.1 Å². The number of hydrogen-bond donors (Lipinski definition) is 2. The fourth-order valence-electron chi connectivity index (χ4n) is 4.09. The normalized spacial score (nSPS) is 12.4. The number of para-hydroxylation sites is 3. The SMILES string of the molecule is c1ccc(-c2cccc3c2Sc2ccccc2N3)cc1.c1ccc2c(c1)Nc1ccccc1S2. The summed E-state index contributed by atoms with van der Waals surface area (Å²) in [5.74, 6) is 0.